The molecule has 1 amide bonds. The maximum absolute atomic E-state index is 9.38. The number of amides is 1. The Labute approximate surface area is 34.1 Å². The molecule has 0 rings (SSSR count). The van der Waals surface area contributed by atoms with Crippen LogP contribution in [0.3, 0.4) is 0 Å². The van der Waals surface area contributed by atoms with Gasteiger partial charge < -0.3 is 5.11 Å². The number of hydrogen-bond acceptors (Lipinski definition) is 3. The summed E-state index contributed by atoms with van der Waals surface area (Å²) in [5, 5.41) is 7.75. The van der Waals surface area contributed by atoms with Crippen LogP contribution < -0.4 is 11.7 Å². The Balaban J connectivity index is 3.26. The van der Waals surface area contributed by atoms with Gasteiger partial charge in [0.1, 0.15) is 0 Å². The van der Waals surface area contributed by atoms with Crippen molar-refractivity contribution in [2.45, 2.75) is 0 Å². The normalized spacial score (nSPS) is 7.67. The molecule has 0 heterocycles. The molecule has 0 aliphatic carbocycles. The van der Waals surface area contributed by atoms with Crippen molar-refractivity contribution in [3.8, 4) is 0 Å². The summed E-state index contributed by atoms with van der Waals surface area (Å²) in [4.78, 5) is 9.38. The summed E-state index contributed by atoms with van der Waals surface area (Å²) in [6.45, 7) is 0. The monoisotopic (exact) mass is 91.0 g/mol. The van der Waals surface area contributed by atoms with Gasteiger partial charge in [0.2, 0.25) is 0 Å². The van der Waals surface area contributed by atoms with E-state index < -0.39 is 6.09 Å². The second-order valence-corrected chi connectivity index (χ2v) is 0.690. The van der Waals surface area contributed by atoms with Gasteiger partial charge in [-0.25, -0.2) is 16.5 Å². The molecule has 0 aliphatic rings. The zero-order valence-electron chi connectivity index (χ0n) is 2.96. The summed E-state index contributed by atoms with van der Waals surface area (Å²) in [6, 6.07) is 0. The van der Waals surface area contributed by atoms with Gasteiger partial charge in [0.15, 0.2) is 0 Å². The molecule has 0 aromatic carbocycles. The number of hydrogen-bond donors (Lipinski definition) is 3. The molecule has 0 unspecified atom stereocenters. The van der Waals surface area contributed by atoms with Crippen LogP contribution in [-0.2, 0) is 0 Å². The van der Waals surface area contributed by atoms with Crippen molar-refractivity contribution in [2.75, 3.05) is 0 Å². The number of rotatable bonds is 0. The number of nitrogens with two attached hydrogens (primary N) is 2. The highest BCUT2D eigenvalue weighted by Crippen LogP contribution is 1.59. The van der Waals surface area contributed by atoms with Crippen molar-refractivity contribution in [3.05, 3.63) is 0 Å². The van der Waals surface area contributed by atoms with Crippen LogP contribution in [0.25, 0.3) is 0 Å². The first kappa shape index (κ1) is 5.19. The fraction of sp³-hybridized carbons (Fsp3) is 0. The Hall–Kier alpha value is -0.810. The summed E-state index contributed by atoms with van der Waals surface area (Å²) in [7, 11) is 0. The molecule has 0 saturated heterocycles. The van der Waals surface area contributed by atoms with E-state index in [9.17, 15) is 4.79 Å². The van der Waals surface area contributed by atoms with Gasteiger partial charge in [0, 0.05) is 0 Å². The first-order chi connectivity index (χ1) is 2.64. The van der Waals surface area contributed by atoms with Gasteiger partial charge in [0.05, 0.1) is 0 Å². The lowest BCUT2D eigenvalue weighted by Gasteiger charge is -1.99. The summed E-state index contributed by atoms with van der Waals surface area (Å²) in [5.74, 6) is 8.89. The van der Waals surface area contributed by atoms with E-state index in [1.165, 1.54) is 0 Å². The van der Waals surface area contributed by atoms with Gasteiger partial charge in [0.25, 0.3) is 0 Å². The van der Waals surface area contributed by atoms with E-state index in [2.05, 4.69) is 11.7 Å². The number of nitrogens with zero attached hydrogens (tertiary/aromatic N) is 1. The van der Waals surface area contributed by atoms with E-state index in [0.29, 0.717) is 0 Å². The zero-order valence-corrected chi connectivity index (χ0v) is 2.96. The zero-order chi connectivity index (χ0) is 5.15. The van der Waals surface area contributed by atoms with Crippen molar-refractivity contribution < 1.29 is 9.90 Å². The quantitative estimate of drug-likeness (QED) is 0.196. The minimum absolute atomic E-state index is 0.0833. The standard InChI is InChI=1S/CH5N3O2/c2-4(3)1(5)6/h2-3H2,(H,5,6). The lowest BCUT2D eigenvalue weighted by molar-refractivity contribution is 0.146. The third-order valence-corrected chi connectivity index (χ3v) is 0.221. The first-order valence-electron chi connectivity index (χ1n) is 1.17. The molecule has 5 N–H and O–H groups in total. The van der Waals surface area contributed by atoms with Gasteiger partial charge in [-0.05, 0) is 0 Å². The van der Waals surface area contributed by atoms with Crippen LogP contribution in [0.2, 0.25) is 0 Å². The van der Waals surface area contributed by atoms with Crippen molar-refractivity contribution >= 4 is 6.09 Å². The molecular formula is CH5N3O2. The predicted molar refractivity (Wildman–Crippen MR) is 18.2 cm³/mol. The largest absolute Gasteiger partial charge is 0.463 e. The molecular weight excluding hydrogens is 86.0 g/mol. The maximum atomic E-state index is 9.38. The van der Waals surface area contributed by atoms with Crippen LogP contribution in [0.15, 0.2) is 0 Å². The Morgan fingerprint density at radius 2 is 1.83 bits per heavy atom. The molecule has 6 heavy (non-hydrogen) atoms. The minimum atomic E-state index is -1.35. The fourth-order valence-electron chi connectivity index (χ4n) is 0. The van der Waals surface area contributed by atoms with Crippen LogP contribution in [-0.4, -0.2) is 16.3 Å². The molecule has 0 aliphatic heterocycles. The maximum Gasteiger partial charge on any atom is 0.436 e. The van der Waals surface area contributed by atoms with Crippen LogP contribution >= 0.6 is 0 Å². The molecule has 0 radical (unpaired) electrons. The average molecular weight is 91.1 g/mol. The topological polar surface area (TPSA) is 92.6 Å². The molecule has 0 aromatic heterocycles. The summed E-state index contributed by atoms with van der Waals surface area (Å²) >= 11 is 0. The SMILES string of the molecule is NN(N)C(=O)O. The van der Waals surface area contributed by atoms with Crippen molar-refractivity contribution in [3.63, 3.8) is 0 Å². The first-order valence-corrected chi connectivity index (χ1v) is 1.17. The Bertz CT molecular complexity index is 59.8. The molecule has 0 saturated carbocycles. The summed E-state index contributed by atoms with van der Waals surface area (Å²) in [5.41, 5.74) is 0. The third kappa shape index (κ3) is 1.50. The van der Waals surface area contributed by atoms with Crippen LogP contribution in [0.5, 0.6) is 0 Å². The molecule has 0 spiro atoms. The van der Waals surface area contributed by atoms with E-state index in [4.69, 9.17) is 5.11 Å². The number of carbonyl (C=O) groups is 1. The highest BCUT2D eigenvalue weighted by molar-refractivity contribution is 5.62. The predicted octanol–water partition coefficient (Wildman–Crippen LogP) is -1.29. The van der Waals surface area contributed by atoms with Gasteiger partial charge in [-0.1, -0.05) is 0 Å². The smallest absolute Gasteiger partial charge is 0.436 e. The lowest BCUT2D eigenvalue weighted by atomic mass is 11.2. The average Bonchev–Trinajstić information content (AvgIpc) is 1.36. The summed E-state index contributed by atoms with van der Waals surface area (Å²) < 4.78 is 0. The van der Waals surface area contributed by atoms with Gasteiger partial charge >= 0.3 is 6.09 Å². The van der Waals surface area contributed by atoms with E-state index in [1.54, 1.807) is 0 Å². The summed E-state index contributed by atoms with van der Waals surface area (Å²) in [6.07, 6.45) is -1.35. The van der Waals surface area contributed by atoms with E-state index in [-0.39, 0.29) is 5.12 Å². The molecule has 0 bridgehead atoms. The van der Waals surface area contributed by atoms with Crippen molar-refractivity contribution in [2.24, 2.45) is 11.7 Å². The molecule has 0 aromatic rings. The van der Waals surface area contributed by atoms with Crippen LogP contribution in [0.1, 0.15) is 0 Å². The van der Waals surface area contributed by atoms with Gasteiger partial charge in [-0.2, -0.15) is 5.12 Å². The highest BCUT2D eigenvalue weighted by Gasteiger charge is 1.93. The fourth-order valence-corrected chi connectivity index (χ4v) is 0. The van der Waals surface area contributed by atoms with Crippen molar-refractivity contribution in [1.29, 1.82) is 0 Å². The van der Waals surface area contributed by atoms with Crippen LogP contribution in [0, 0.1) is 0 Å². The lowest BCUT2D eigenvalue weighted by Crippen LogP contribution is -2.42. The van der Waals surface area contributed by atoms with Crippen LogP contribution in [0.4, 0.5) is 4.79 Å². The molecule has 5 heteroatoms. The highest BCUT2D eigenvalue weighted by atomic mass is 16.4. The minimum Gasteiger partial charge on any atom is -0.463 e. The van der Waals surface area contributed by atoms with Gasteiger partial charge in [-0.15, -0.1) is 0 Å². The molecule has 5 nitrogen and oxygen atoms in total. The van der Waals surface area contributed by atoms with E-state index in [0.717, 1.165) is 0 Å². The molecule has 0 atom stereocenters. The number of hydrazine groups is 2. The number of carboxylic acid groups (broad SMARTS) is 1. The van der Waals surface area contributed by atoms with Gasteiger partial charge in [-0.3, -0.25) is 0 Å². The Morgan fingerprint density at radius 1 is 1.67 bits per heavy atom. The van der Waals surface area contributed by atoms with Crippen molar-refractivity contribution in [1.82, 2.24) is 5.12 Å². The second-order valence-electron chi connectivity index (χ2n) is 0.690. The second kappa shape index (κ2) is 1.58. The van der Waals surface area contributed by atoms with E-state index >= 15 is 0 Å². The third-order valence-electron chi connectivity index (χ3n) is 0.221. The molecule has 0 fully saturated rings. The van der Waals surface area contributed by atoms with E-state index in [1.807, 2.05) is 0 Å². The Morgan fingerprint density at radius 3 is 1.83 bits per heavy atom. The molecule has 36 valence electrons. The Kier molecular flexibility index (Phi) is 1.37.